The molecule has 0 saturated heterocycles. The summed E-state index contributed by atoms with van der Waals surface area (Å²) < 4.78 is 4.71. The van der Waals surface area contributed by atoms with Gasteiger partial charge in [-0.3, -0.25) is 9.89 Å². The van der Waals surface area contributed by atoms with E-state index in [9.17, 15) is 9.59 Å². The molecule has 0 saturated carbocycles. The monoisotopic (exact) mass is 279 g/mol. The first-order valence-corrected chi connectivity index (χ1v) is 7.12. The van der Waals surface area contributed by atoms with Crippen molar-refractivity contribution in [2.75, 3.05) is 7.11 Å². The minimum absolute atomic E-state index is 0.298. The van der Waals surface area contributed by atoms with Crippen LogP contribution in [-0.4, -0.2) is 35.2 Å². The van der Waals surface area contributed by atoms with Gasteiger partial charge >= 0.3 is 5.97 Å². The first-order chi connectivity index (χ1) is 9.67. The molecule has 1 aromatic rings. The Bertz CT molecular complexity index is 496. The van der Waals surface area contributed by atoms with Crippen LogP contribution in [0.2, 0.25) is 0 Å². The topological polar surface area (TPSA) is 84.1 Å². The summed E-state index contributed by atoms with van der Waals surface area (Å²) in [7, 11) is 1.33. The van der Waals surface area contributed by atoms with Crippen LogP contribution in [-0.2, 0) is 22.4 Å². The van der Waals surface area contributed by atoms with Crippen LogP contribution in [0.15, 0.2) is 0 Å². The highest BCUT2D eigenvalue weighted by atomic mass is 16.5. The van der Waals surface area contributed by atoms with Gasteiger partial charge in [-0.25, -0.2) is 4.79 Å². The number of methoxy groups -OCH3 is 1. The highest BCUT2D eigenvalue weighted by molar-refractivity contribution is 5.96. The first kappa shape index (κ1) is 14.6. The van der Waals surface area contributed by atoms with Gasteiger partial charge in [-0.15, -0.1) is 0 Å². The number of aryl methyl sites for hydroxylation is 1. The van der Waals surface area contributed by atoms with Crippen molar-refractivity contribution in [1.82, 2.24) is 15.5 Å². The van der Waals surface area contributed by atoms with Gasteiger partial charge < -0.3 is 10.1 Å². The minimum Gasteiger partial charge on any atom is -0.467 e. The molecule has 1 aliphatic carbocycles. The molecule has 2 N–H and O–H groups in total. The molecule has 0 bridgehead atoms. The molecule has 6 heteroatoms. The maximum absolute atomic E-state index is 12.3. The second kappa shape index (κ2) is 6.54. The molecule has 20 heavy (non-hydrogen) atoms. The number of esters is 1. The Morgan fingerprint density at radius 1 is 1.40 bits per heavy atom. The van der Waals surface area contributed by atoms with Gasteiger partial charge in [0.25, 0.3) is 5.91 Å². The summed E-state index contributed by atoms with van der Waals surface area (Å²) in [5.74, 6) is -0.710. The standard InChI is InChI=1S/C14H21N3O3/c1-3-6-11(14(19)20-2)15-13(18)12-9-7-4-5-8-10(9)16-17-12/h11H,3-8H2,1-2H3,(H,15,18)(H,16,17)/t11-/m1/s1. The number of amides is 1. The van der Waals surface area contributed by atoms with E-state index in [1.165, 1.54) is 7.11 Å². The van der Waals surface area contributed by atoms with Gasteiger partial charge in [0.05, 0.1) is 7.11 Å². The summed E-state index contributed by atoms with van der Waals surface area (Å²) in [4.78, 5) is 23.9. The largest absolute Gasteiger partial charge is 0.467 e. The van der Waals surface area contributed by atoms with Crippen molar-refractivity contribution in [1.29, 1.82) is 0 Å². The number of nitrogens with one attached hydrogen (secondary N) is 2. The van der Waals surface area contributed by atoms with Crippen LogP contribution >= 0.6 is 0 Å². The van der Waals surface area contributed by atoms with E-state index in [0.717, 1.165) is 43.4 Å². The number of rotatable bonds is 5. The second-order valence-electron chi connectivity index (χ2n) is 5.07. The summed E-state index contributed by atoms with van der Waals surface area (Å²) in [5.41, 5.74) is 2.46. The van der Waals surface area contributed by atoms with Crippen LogP contribution in [0.3, 0.4) is 0 Å². The molecule has 0 radical (unpaired) electrons. The molecule has 1 atom stereocenters. The molecule has 0 aliphatic heterocycles. The zero-order valence-electron chi connectivity index (χ0n) is 12.0. The lowest BCUT2D eigenvalue weighted by Crippen LogP contribution is -2.41. The Balaban J connectivity index is 2.10. The summed E-state index contributed by atoms with van der Waals surface area (Å²) in [6.45, 7) is 1.96. The maximum Gasteiger partial charge on any atom is 0.328 e. The average molecular weight is 279 g/mol. The number of carbonyl (C=O) groups excluding carboxylic acids is 2. The van der Waals surface area contributed by atoms with Crippen LogP contribution in [0, 0.1) is 0 Å². The van der Waals surface area contributed by atoms with Crippen molar-refractivity contribution in [2.24, 2.45) is 0 Å². The van der Waals surface area contributed by atoms with E-state index in [-0.39, 0.29) is 5.91 Å². The third-order valence-corrected chi connectivity index (χ3v) is 3.64. The van der Waals surface area contributed by atoms with Gasteiger partial charge in [0.2, 0.25) is 0 Å². The number of carbonyl (C=O) groups is 2. The van der Waals surface area contributed by atoms with Crippen molar-refractivity contribution in [2.45, 2.75) is 51.5 Å². The Labute approximate surface area is 118 Å². The lowest BCUT2D eigenvalue weighted by molar-refractivity contribution is -0.143. The molecule has 0 aromatic carbocycles. The Morgan fingerprint density at radius 3 is 2.85 bits per heavy atom. The van der Waals surface area contributed by atoms with Crippen molar-refractivity contribution in [3.8, 4) is 0 Å². The zero-order valence-corrected chi connectivity index (χ0v) is 12.0. The van der Waals surface area contributed by atoms with Gasteiger partial charge in [0, 0.05) is 11.3 Å². The number of fused-ring (bicyclic) bond motifs is 1. The first-order valence-electron chi connectivity index (χ1n) is 7.12. The third kappa shape index (κ3) is 3.00. The molecule has 2 rings (SSSR count). The molecule has 6 nitrogen and oxygen atoms in total. The Hall–Kier alpha value is -1.85. The van der Waals surface area contributed by atoms with Crippen LogP contribution < -0.4 is 5.32 Å². The number of hydrogen-bond acceptors (Lipinski definition) is 4. The number of aromatic nitrogens is 2. The zero-order chi connectivity index (χ0) is 14.5. The molecule has 0 spiro atoms. The van der Waals surface area contributed by atoms with Crippen LogP contribution in [0.4, 0.5) is 0 Å². The fraction of sp³-hybridized carbons (Fsp3) is 0.643. The lowest BCUT2D eigenvalue weighted by atomic mass is 9.95. The lowest BCUT2D eigenvalue weighted by Gasteiger charge is -2.16. The normalized spacial score (nSPS) is 15.3. The summed E-state index contributed by atoms with van der Waals surface area (Å²) in [6.07, 6.45) is 5.35. The van der Waals surface area contributed by atoms with E-state index in [0.29, 0.717) is 12.1 Å². The van der Waals surface area contributed by atoms with Crippen LogP contribution in [0.25, 0.3) is 0 Å². The molecule has 1 aliphatic rings. The smallest absolute Gasteiger partial charge is 0.328 e. The fourth-order valence-corrected chi connectivity index (χ4v) is 2.58. The van der Waals surface area contributed by atoms with Crippen molar-refractivity contribution in [3.63, 3.8) is 0 Å². The fourth-order valence-electron chi connectivity index (χ4n) is 2.58. The van der Waals surface area contributed by atoms with Gasteiger partial charge in [0.15, 0.2) is 5.69 Å². The van der Waals surface area contributed by atoms with Gasteiger partial charge in [0.1, 0.15) is 6.04 Å². The van der Waals surface area contributed by atoms with E-state index in [4.69, 9.17) is 4.74 Å². The summed E-state index contributed by atoms with van der Waals surface area (Å²) >= 11 is 0. The molecular formula is C14H21N3O3. The van der Waals surface area contributed by atoms with Crippen molar-refractivity contribution >= 4 is 11.9 Å². The molecular weight excluding hydrogens is 258 g/mol. The Kier molecular flexibility index (Phi) is 4.76. The van der Waals surface area contributed by atoms with Crippen molar-refractivity contribution < 1.29 is 14.3 Å². The van der Waals surface area contributed by atoms with Crippen molar-refractivity contribution in [3.05, 3.63) is 17.0 Å². The van der Waals surface area contributed by atoms with E-state index >= 15 is 0 Å². The van der Waals surface area contributed by atoms with Crippen LogP contribution in [0.1, 0.15) is 54.4 Å². The molecule has 1 aromatic heterocycles. The number of hydrogen-bond donors (Lipinski definition) is 2. The van der Waals surface area contributed by atoms with Crippen LogP contribution in [0.5, 0.6) is 0 Å². The Morgan fingerprint density at radius 2 is 2.15 bits per heavy atom. The number of ether oxygens (including phenoxy) is 1. The molecule has 110 valence electrons. The third-order valence-electron chi connectivity index (χ3n) is 3.64. The highest BCUT2D eigenvalue weighted by Crippen LogP contribution is 2.22. The van der Waals surface area contributed by atoms with Gasteiger partial charge in [-0.2, -0.15) is 5.10 Å². The van der Waals surface area contributed by atoms with Gasteiger partial charge in [-0.1, -0.05) is 13.3 Å². The maximum atomic E-state index is 12.3. The number of nitrogens with zero attached hydrogens (tertiary/aromatic N) is 1. The van der Waals surface area contributed by atoms with Gasteiger partial charge in [-0.05, 0) is 32.1 Å². The summed E-state index contributed by atoms with van der Waals surface area (Å²) in [5, 5.41) is 9.76. The summed E-state index contributed by atoms with van der Waals surface area (Å²) in [6, 6.07) is -0.603. The molecule has 0 unspecified atom stereocenters. The SMILES string of the molecule is CCC[C@@H](NC(=O)c1n[nH]c2c1CCCC2)C(=O)OC. The van der Waals surface area contributed by atoms with E-state index in [2.05, 4.69) is 15.5 Å². The van der Waals surface area contributed by atoms with E-state index in [1.807, 2.05) is 6.92 Å². The molecule has 1 heterocycles. The highest BCUT2D eigenvalue weighted by Gasteiger charge is 2.26. The minimum atomic E-state index is -0.603. The molecule has 0 fully saturated rings. The van der Waals surface area contributed by atoms with E-state index in [1.54, 1.807) is 0 Å². The number of H-pyrrole nitrogens is 1. The average Bonchev–Trinajstić information content (AvgIpc) is 2.90. The number of aromatic amines is 1. The predicted molar refractivity (Wildman–Crippen MR) is 73.4 cm³/mol. The second-order valence-corrected chi connectivity index (χ2v) is 5.07. The molecule has 1 amide bonds. The predicted octanol–water partition coefficient (Wildman–Crippen LogP) is 1.36. The quantitative estimate of drug-likeness (QED) is 0.797. The van der Waals surface area contributed by atoms with E-state index < -0.39 is 12.0 Å².